The second-order valence-electron chi connectivity index (χ2n) is 4.51. The highest BCUT2D eigenvalue weighted by Gasteiger charge is 2.27. The first-order valence-electron chi connectivity index (χ1n) is 5.60. The molecule has 1 atom stereocenters. The van der Waals surface area contributed by atoms with Gasteiger partial charge in [0, 0.05) is 31.5 Å². The molecule has 0 radical (unpaired) electrons. The highest BCUT2D eigenvalue weighted by atomic mass is 79.9. The molecule has 0 saturated carbocycles. The number of hydrogen-bond acceptors (Lipinski definition) is 3. The van der Waals surface area contributed by atoms with Crippen molar-refractivity contribution >= 4 is 15.9 Å². The first-order valence-corrected chi connectivity index (χ1v) is 6.39. The van der Waals surface area contributed by atoms with Gasteiger partial charge in [0.1, 0.15) is 5.82 Å². The van der Waals surface area contributed by atoms with Gasteiger partial charge in [0.05, 0.1) is 5.60 Å². The van der Waals surface area contributed by atoms with Crippen LogP contribution >= 0.6 is 15.9 Å². The van der Waals surface area contributed by atoms with Crippen molar-refractivity contribution in [3.63, 3.8) is 0 Å². The summed E-state index contributed by atoms with van der Waals surface area (Å²) in [6.45, 7) is 1.64. The summed E-state index contributed by atoms with van der Waals surface area (Å²) in [5.74, 6) is -0.337. The molecule has 0 heterocycles. The number of benzene rings is 1. The Bertz CT molecular complexity index is 392. The van der Waals surface area contributed by atoms with Crippen LogP contribution in [0.25, 0.3) is 0 Å². The smallest absolute Gasteiger partial charge is 0.159 e. The van der Waals surface area contributed by atoms with E-state index in [2.05, 4.69) is 15.9 Å². The molecule has 18 heavy (non-hydrogen) atoms. The molecule has 1 aromatic rings. The van der Waals surface area contributed by atoms with Gasteiger partial charge in [-0.3, -0.25) is 0 Å². The maximum absolute atomic E-state index is 13.7. The lowest BCUT2D eigenvalue weighted by atomic mass is 9.92. The lowest BCUT2D eigenvalue weighted by molar-refractivity contribution is -0.139. The van der Waals surface area contributed by atoms with E-state index in [0.717, 1.165) is 0 Å². The van der Waals surface area contributed by atoms with Gasteiger partial charge in [-0.2, -0.15) is 0 Å². The van der Waals surface area contributed by atoms with Gasteiger partial charge >= 0.3 is 0 Å². The molecule has 1 N–H and O–H groups in total. The summed E-state index contributed by atoms with van der Waals surface area (Å²) in [6, 6.07) is 4.79. The molecular weight excluding hydrogens is 303 g/mol. The molecule has 1 rings (SSSR count). The summed E-state index contributed by atoms with van der Waals surface area (Å²) in [7, 11) is 3.01. The van der Waals surface area contributed by atoms with E-state index in [1.807, 2.05) is 0 Å². The average Bonchev–Trinajstić information content (AvgIpc) is 2.30. The summed E-state index contributed by atoms with van der Waals surface area (Å²) in [5, 5.41) is 10.3. The summed E-state index contributed by atoms with van der Waals surface area (Å²) in [4.78, 5) is 0. The fourth-order valence-corrected chi connectivity index (χ4v) is 2.10. The molecule has 0 aliphatic heterocycles. The molecule has 0 bridgehead atoms. The standard InChI is InChI=1S/C13H18BrFO3/c1-13(16,8-12(17-2)18-3)7-9-4-5-10(14)6-11(9)15/h4-6,12,16H,7-8H2,1-3H3. The highest BCUT2D eigenvalue weighted by Crippen LogP contribution is 2.23. The Morgan fingerprint density at radius 3 is 2.50 bits per heavy atom. The SMILES string of the molecule is COC(CC(C)(O)Cc1ccc(Br)cc1F)OC. The molecule has 0 aromatic heterocycles. The third kappa shape index (κ3) is 4.65. The van der Waals surface area contributed by atoms with Crippen LogP contribution in [0.5, 0.6) is 0 Å². The Morgan fingerprint density at radius 2 is 2.00 bits per heavy atom. The normalized spacial score (nSPS) is 14.8. The van der Waals surface area contributed by atoms with Crippen molar-refractivity contribution in [1.29, 1.82) is 0 Å². The number of ether oxygens (including phenoxy) is 2. The molecule has 3 nitrogen and oxygen atoms in total. The van der Waals surface area contributed by atoms with Crippen molar-refractivity contribution in [2.75, 3.05) is 14.2 Å². The van der Waals surface area contributed by atoms with E-state index in [9.17, 15) is 9.50 Å². The van der Waals surface area contributed by atoms with Crippen LogP contribution in [-0.2, 0) is 15.9 Å². The van der Waals surface area contributed by atoms with Gasteiger partial charge in [0.15, 0.2) is 6.29 Å². The maximum atomic E-state index is 13.7. The molecule has 1 unspecified atom stereocenters. The number of hydrogen-bond donors (Lipinski definition) is 1. The van der Waals surface area contributed by atoms with Crippen LogP contribution in [0, 0.1) is 5.82 Å². The quantitative estimate of drug-likeness (QED) is 0.819. The Labute approximate surface area is 115 Å². The van der Waals surface area contributed by atoms with Crippen LogP contribution in [0.4, 0.5) is 4.39 Å². The van der Waals surface area contributed by atoms with E-state index in [1.54, 1.807) is 19.1 Å². The van der Waals surface area contributed by atoms with Crippen LogP contribution in [0.15, 0.2) is 22.7 Å². The van der Waals surface area contributed by atoms with Crippen molar-refractivity contribution < 1.29 is 19.0 Å². The summed E-state index contributed by atoms with van der Waals surface area (Å²) in [6.07, 6.45) is -0.0244. The zero-order chi connectivity index (χ0) is 13.8. The molecule has 0 aliphatic rings. The van der Waals surface area contributed by atoms with Gasteiger partial charge in [-0.15, -0.1) is 0 Å². The Kier molecular flexibility index (Phi) is 5.72. The van der Waals surface area contributed by atoms with E-state index in [4.69, 9.17) is 9.47 Å². The predicted octanol–water partition coefficient (Wildman–Crippen LogP) is 2.89. The molecule has 0 amide bonds. The second kappa shape index (κ2) is 6.61. The number of rotatable bonds is 6. The minimum Gasteiger partial charge on any atom is -0.390 e. The summed E-state index contributed by atoms with van der Waals surface area (Å²) >= 11 is 3.20. The molecule has 5 heteroatoms. The molecule has 0 spiro atoms. The minimum absolute atomic E-state index is 0.204. The van der Waals surface area contributed by atoms with Crippen molar-refractivity contribution in [2.24, 2.45) is 0 Å². The Morgan fingerprint density at radius 1 is 1.39 bits per heavy atom. The molecule has 102 valence electrons. The van der Waals surface area contributed by atoms with Crippen molar-refractivity contribution in [1.82, 2.24) is 0 Å². The van der Waals surface area contributed by atoms with Crippen molar-refractivity contribution in [2.45, 2.75) is 31.7 Å². The zero-order valence-corrected chi connectivity index (χ0v) is 12.3. The van der Waals surface area contributed by atoms with Gasteiger partial charge in [0.2, 0.25) is 0 Å². The third-order valence-corrected chi connectivity index (χ3v) is 3.21. The van der Waals surface area contributed by atoms with E-state index in [1.165, 1.54) is 20.3 Å². The maximum Gasteiger partial charge on any atom is 0.159 e. The molecular formula is C13H18BrFO3. The fraction of sp³-hybridized carbons (Fsp3) is 0.538. The first-order chi connectivity index (χ1) is 8.38. The Balaban J connectivity index is 2.75. The van der Waals surface area contributed by atoms with Gasteiger partial charge < -0.3 is 14.6 Å². The zero-order valence-electron chi connectivity index (χ0n) is 10.7. The van der Waals surface area contributed by atoms with Crippen molar-refractivity contribution in [3.05, 3.63) is 34.1 Å². The third-order valence-electron chi connectivity index (χ3n) is 2.72. The minimum atomic E-state index is -1.09. The van der Waals surface area contributed by atoms with Gasteiger partial charge in [-0.25, -0.2) is 4.39 Å². The van der Waals surface area contributed by atoms with Crippen molar-refractivity contribution in [3.8, 4) is 0 Å². The molecule has 1 aromatic carbocycles. The van der Waals surface area contributed by atoms with E-state index in [0.29, 0.717) is 10.0 Å². The highest BCUT2D eigenvalue weighted by molar-refractivity contribution is 9.10. The van der Waals surface area contributed by atoms with Gasteiger partial charge in [0.25, 0.3) is 0 Å². The van der Waals surface area contributed by atoms with Gasteiger partial charge in [-0.05, 0) is 24.6 Å². The number of methoxy groups -OCH3 is 2. The topological polar surface area (TPSA) is 38.7 Å². The van der Waals surface area contributed by atoms with Crippen LogP contribution in [0.3, 0.4) is 0 Å². The number of aliphatic hydroxyl groups is 1. The summed E-state index contributed by atoms with van der Waals surface area (Å²) in [5.41, 5.74) is -0.625. The predicted molar refractivity (Wildman–Crippen MR) is 70.9 cm³/mol. The largest absolute Gasteiger partial charge is 0.390 e. The second-order valence-corrected chi connectivity index (χ2v) is 5.43. The Hall–Kier alpha value is -0.490. The van der Waals surface area contributed by atoms with Crippen LogP contribution < -0.4 is 0 Å². The lowest BCUT2D eigenvalue weighted by Crippen LogP contribution is -2.34. The van der Waals surface area contributed by atoms with E-state index < -0.39 is 11.9 Å². The fourth-order valence-electron chi connectivity index (χ4n) is 1.77. The lowest BCUT2D eigenvalue weighted by Gasteiger charge is -2.27. The number of halogens is 2. The van der Waals surface area contributed by atoms with E-state index >= 15 is 0 Å². The van der Waals surface area contributed by atoms with Crippen LogP contribution in [0.2, 0.25) is 0 Å². The monoisotopic (exact) mass is 320 g/mol. The first kappa shape index (κ1) is 15.6. The molecule has 0 saturated heterocycles. The molecule has 0 fully saturated rings. The van der Waals surface area contributed by atoms with Gasteiger partial charge in [-0.1, -0.05) is 22.0 Å². The van der Waals surface area contributed by atoms with Crippen LogP contribution in [-0.4, -0.2) is 31.2 Å². The van der Waals surface area contributed by atoms with E-state index in [-0.39, 0.29) is 18.7 Å². The average molecular weight is 321 g/mol. The molecule has 0 aliphatic carbocycles. The summed E-state index contributed by atoms with van der Waals surface area (Å²) < 4.78 is 24.4. The van der Waals surface area contributed by atoms with Crippen LogP contribution in [0.1, 0.15) is 18.9 Å².